The van der Waals surface area contributed by atoms with Gasteiger partial charge in [-0.25, -0.2) is 0 Å². The summed E-state index contributed by atoms with van der Waals surface area (Å²) in [6.45, 7) is 2.23. The van der Waals surface area contributed by atoms with Crippen molar-refractivity contribution in [3.63, 3.8) is 0 Å². The molecule has 0 aliphatic rings. The van der Waals surface area contributed by atoms with Crippen molar-refractivity contribution in [3.8, 4) is 0 Å². The van der Waals surface area contributed by atoms with Crippen molar-refractivity contribution < 1.29 is 9.90 Å². The van der Waals surface area contributed by atoms with Crippen molar-refractivity contribution >= 4 is 29.2 Å². The Hall–Kier alpha value is -0.770. The molecule has 0 aromatic heterocycles. The number of nitrogens with two attached hydrogens (primary N) is 1. The van der Waals surface area contributed by atoms with E-state index < -0.39 is 11.9 Å². The van der Waals surface area contributed by atoms with Crippen molar-refractivity contribution in [2.75, 3.05) is 6.54 Å². The van der Waals surface area contributed by atoms with E-state index in [1.54, 1.807) is 6.07 Å². The smallest absolute Gasteiger partial charge is 0.307 e. The van der Waals surface area contributed by atoms with Crippen LogP contribution in [-0.2, 0) is 11.2 Å². The van der Waals surface area contributed by atoms with Crippen LogP contribution in [0.25, 0.3) is 0 Å². The maximum Gasteiger partial charge on any atom is 0.307 e. The number of hydrogen-bond donors (Lipinski definition) is 2. The normalized spacial score (nSPS) is 14.1. The Kier molecular flexibility index (Phi) is 6.63. The average Bonchev–Trinajstić information content (AvgIpc) is 2.38. The fourth-order valence-corrected chi connectivity index (χ4v) is 2.42. The van der Waals surface area contributed by atoms with Crippen LogP contribution in [0, 0.1) is 11.8 Å². The van der Waals surface area contributed by atoms with Crippen molar-refractivity contribution in [2.24, 2.45) is 17.6 Å². The van der Waals surface area contributed by atoms with Gasteiger partial charge in [-0.05, 0) is 36.5 Å². The Morgan fingerprint density at radius 2 is 2.05 bits per heavy atom. The fraction of sp³-hybridized carbons (Fsp3) is 0.500. The zero-order valence-electron chi connectivity index (χ0n) is 10.9. The van der Waals surface area contributed by atoms with Crippen LogP contribution in [0.15, 0.2) is 18.2 Å². The van der Waals surface area contributed by atoms with E-state index >= 15 is 0 Å². The molecule has 0 bridgehead atoms. The SMILES string of the molecule is CCC(Cc1ccc(Cl)c(Cl)c1)CC(CN)C(=O)O. The van der Waals surface area contributed by atoms with E-state index in [1.807, 2.05) is 12.1 Å². The minimum atomic E-state index is -0.824. The Balaban J connectivity index is 2.70. The highest BCUT2D eigenvalue weighted by atomic mass is 35.5. The lowest BCUT2D eigenvalue weighted by atomic mass is 9.87. The summed E-state index contributed by atoms with van der Waals surface area (Å²) in [6.07, 6.45) is 2.28. The van der Waals surface area contributed by atoms with Gasteiger partial charge in [0.2, 0.25) is 0 Å². The van der Waals surface area contributed by atoms with Crippen LogP contribution in [-0.4, -0.2) is 17.6 Å². The molecule has 0 aliphatic heterocycles. The maximum absolute atomic E-state index is 11.0. The highest BCUT2D eigenvalue weighted by Crippen LogP contribution is 2.26. The van der Waals surface area contributed by atoms with Gasteiger partial charge in [0, 0.05) is 6.54 Å². The number of hydrogen-bond acceptors (Lipinski definition) is 2. The van der Waals surface area contributed by atoms with Gasteiger partial charge in [-0.2, -0.15) is 0 Å². The molecule has 0 heterocycles. The zero-order valence-corrected chi connectivity index (χ0v) is 12.4. The molecule has 0 aliphatic carbocycles. The molecule has 1 aromatic rings. The van der Waals surface area contributed by atoms with Crippen molar-refractivity contribution in [2.45, 2.75) is 26.2 Å². The van der Waals surface area contributed by atoms with Crippen LogP contribution in [0.4, 0.5) is 0 Å². The van der Waals surface area contributed by atoms with E-state index in [0.717, 1.165) is 18.4 Å². The van der Waals surface area contributed by atoms with Gasteiger partial charge < -0.3 is 10.8 Å². The molecule has 0 fully saturated rings. The third kappa shape index (κ3) is 5.01. The molecule has 3 N–H and O–H groups in total. The van der Waals surface area contributed by atoms with Crippen LogP contribution < -0.4 is 5.73 Å². The molecule has 1 rings (SSSR count). The van der Waals surface area contributed by atoms with E-state index in [9.17, 15) is 4.79 Å². The lowest BCUT2D eigenvalue weighted by Gasteiger charge is -2.19. The third-order valence-corrected chi connectivity index (χ3v) is 4.08. The average molecular weight is 304 g/mol. The van der Waals surface area contributed by atoms with Gasteiger partial charge in [0.1, 0.15) is 0 Å². The molecule has 3 nitrogen and oxygen atoms in total. The van der Waals surface area contributed by atoms with E-state index in [0.29, 0.717) is 16.5 Å². The summed E-state index contributed by atoms with van der Waals surface area (Å²) < 4.78 is 0. The van der Waals surface area contributed by atoms with Crippen molar-refractivity contribution in [1.82, 2.24) is 0 Å². The van der Waals surface area contributed by atoms with Gasteiger partial charge in [0.05, 0.1) is 16.0 Å². The van der Waals surface area contributed by atoms with Crippen LogP contribution in [0.5, 0.6) is 0 Å². The minimum Gasteiger partial charge on any atom is -0.481 e. The summed E-state index contributed by atoms with van der Waals surface area (Å²) in [7, 11) is 0. The zero-order chi connectivity index (χ0) is 14.4. The summed E-state index contributed by atoms with van der Waals surface area (Å²) in [5.41, 5.74) is 6.57. The van der Waals surface area contributed by atoms with E-state index in [2.05, 4.69) is 6.92 Å². The molecule has 0 radical (unpaired) electrons. The first-order chi connectivity index (χ1) is 8.97. The van der Waals surface area contributed by atoms with E-state index in [1.165, 1.54) is 0 Å². The molecular formula is C14H19Cl2NO2. The second-order valence-corrected chi connectivity index (χ2v) is 5.55. The molecule has 2 unspecified atom stereocenters. The van der Waals surface area contributed by atoms with Crippen LogP contribution in [0.2, 0.25) is 10.0 Å². The molecule has 1 aromatic carbocycles. The second-order valence-electron chi connectivity index (χ2n) is 4.73. The fourth-order valence-electron chi connectivity index (χ4n) is 2.09. The summed E-state index contributed by atoms with van der Waals surface area (Å²) in [5.74, 6) is -1.02. The first-order valence-corrected chi connectivity index (χ1v) is 7.10. The molecule has 0 spiro atoms. The minimum absolute atomic E-state index is 0.174. The molecule has 19 heavy (non-hydrogen) atoms. The van der Waals surface area contributed by atoms with E-state index in [4.69, 9.17) is 34.0 Å². The Morgan fingerprint density at radius 1 is 1.37 bits per heavy atom. The topological polar surface area (TPSA) is 63.3 Å². The molecule has 106 valence electrons. The summed E-state index contributed by atoms with van der Waals surface area (Å²) in [6, 6.07) is 5.53. The predicted octanol–water partition coefficient (Wildman–Crippen LogP) is 3.61. The third-order valence-electron chi connectivity index (χ3n) is 3.34. The maximum atomic E-state index is 11.0. The van der Waals surface area contributed by atoms with Gasteiger partial charge in [0.25, 0.3) is 0 Å². The van der Waals surface area contributed by atoms with Gasteiger partial charge >= 0.3 is 5.97 Å². The standard InChI is InChI=1S/C14H19Cl2NO2/c1-2-9(6-11(8-17)14(18)19)5-10-3-4-12(15)13(16)7-10/h3-4,7,9,11H,2,5-6,8,17H2,1H3,(H,18,19). The van der Waals surface area contributed by atoms with Gasteiger partial charge in [-0.1, -0.05) is 42.6 Å². The summed E-state index contributed by atoms with van der Waals surface area (Å²) in [5, 5.41) is 10.1. The number of carboxylic acid groups (broad SMARTS) is 1. The first-order valence-electron chi connectivity index (χ1n) is 6.34. The number of halogens is 2. The Labute approximate surface area is 123 Å². The van der Waals surface area contributed by atoms with Crippen LogP contribution >= 0.6 is 23.2 Å². The van der Waals surface area contributed by atoms with Gasteiger partial charge in [-0.15, -0.1) is 0 Å². The van der Waals surface area contributed by atoms with E-state index in [-0.39, 0.29) is 12.5 Å². The van der Waals surface area contributed by atoms with Gasteiger partial charge in [-0.3, -0.25) is 4.79 Å². The second kappa shape index (κ2) is 7.73. The van der Waals surface area contributed by atoms with Crippen LogP contribution in [0.1, 0.15) is 25.3 Å². The first kappa shape index (κ1) is 16.3. The number of aliphatic carboxylic acids is 1. The molecule has 2 atom stereocenters. The molecule has 5 heteroatoms. The predicted molar refractivity (Wildman–Crippen MR) is 78.7 cm³/mol. The monoisotopic (exact) mass is 303 g/mol. The number of carboxylic acids is 1. The molecular weight excluding hydrogens is 285 g/mol. The quantitative estimate of drug-likeness (QED) is 0.809. The lowest BCUT2D eigenvalue weighted by Crippen LogP contribution is -2.26. The Morgan fingerprint density at radius 3 is 2.53 bits per heavy atom. The highest BCUT2D eigenvalue weighted by Gasteiger charge is 2.20. The van der Waals surface area contributed by atoms with Crippen molar-refractivity contribution in [3.05, 3.63) is 33.8 Å². The number of benzene rings is 1. The Bertz CT molecular complexity index is 437. The molecule has 0 amide bonds. The number of rotatable bonds is 7. The van der Waals surface area contributed by atoms with Crippen molar-refractivity contribution in [1.29, 1.82) is 0 Å². The molecule has 0 saturated heterocycles. The summed E-state index contributed by atoms with van der Waals surface area (Å²) in [4.78, 5) is 11.0. The largest absolute Gasteiger partial charge is 0.481 e. The number of carbonyl (C=O) groups is 1. The highest BCUT2D eigenvalue weighted by molar-refractivity contribution is 6.42. The van der Waals surface area contributed by atoms with Crippen LogP contribution in [0.3, 0.4) is 0 Å². The molecule has 0 saturated carbocycles. The van der Waals surface area contributed by atoms with Gasteiger partial charge in [0.15, 0.2) is 0 Å². The lowest BCUT2D eigenvalue weighted by molar-refractivity contribution is -0.142. The summed E-state index contributed by atoms with van der Waals surface area (Å²) >= 11 is 11.9.